The number of hydrogen-bond acceptors (Lipinski definition) is 8. The Balaban J connectivity index is 1.63. The number of carbonyl (C=O) groups is 3. The largest absolute Gasteiger partial charge is 0.466 e. The van der Waals surface area contributed by atoms with Crippen molar-refractivity contribution in [1.29, 1.82) is 0 Å². The predicted molar refractivity (Wildman–Crippen MR) is 143 cm³/mol. The van der Waals surface area contributed by atoms with Crippen LogP contribution in [-0.4, -0.2) is 59.1 Å². The van der Waals surface area contributed by atoms with Crippen LogP contribution in [0.5, 0.6) is 0 Å². The first kappa shape index (κ1) is 27.0. The van der Waals surface area contributed by atoms with Gasteiger partial charge in [0, 0.05) is 18.8 Å². The molecule has 1 aromatic rings. The minimum absolute atomic E-state index is 0.0505. The normalized spacial score (nSPS) is 21.3. The highest BCUT2D eigenvalue weighted by Crippen LogP contribution is 2.45. The standard InChI is InChI=1S/C28H35N3O5S/c1-6-35-26(33)20-9-8-12-30(15-20)23(32)14-21-16-37-28-29-19(5)24(27(34)36-7-2)25(31(21)28)22-11-10-17(3)13-18(22)4/h10-11,13,16,20,25H,6-9,12,14-15H2,1-5H3. The van der Waals surface area contributed by atoms with E-state index >= 15 is 0 Å². The molecule has 0 aromatic heterocycles. The second-order valence-electron chi connectivity index (χ2n) is 9.58. The van der Waals surface area contributed by atoms with Gasteiger partial charge in [-0.15, -0.1) is 0 Å². The van der Waals surface area contributed by atoms with Crippen LogP contribution in [0.3, 0.4) is 0 Å². The molecule has 1 fully saturated rings. The van der Waals surface area contributed by atoms with Gasteiger partial charge in [0.15, 0.2) is 5.17 Å². The SMILES string of the molecule is CCOC(=O)C1=C(C)N=C2SC=C(CC(=O)N3CCCC(C(=O)OCC)C3)N2C1c1ccc(C)cc1C. The highest BCUT2D eigenvalue weighted by atomic mass is 32.2. The average molecular weight is 526 g/mol. The Labute approximate surface area is 222 Å². The molecule has 0 radical (unpaired) electrons. The van der Waals surface area contributed by atoms with Crippen molar-refractivity contribution in [2.24, 2.45) is 10.9 Å². The number of aryl methyl sites for hydroxylation is 2. The molecule has 0 aliphatic carbocycles. The molecule has 8 nitrogen and oxygen atoms in total. The van der Waals surface area contributed by atoms with Crippen LogP contribution in [0.4, 0.5) is 0 Å². The molecule has 0 bridgehead atoms. The van der Waals surface area contributed by atoms with E-state index in [4.69, 9.17) is 14.5 Å². The molecule has 3 aliphatic rings. The Hall–Kier alpha value is -3.07. The van der Waals surface area contributed by atoms with Crippen molar-refractivity contribution in [1.82, 2.24) is 9.80 Å². The molecule has 3 heterocycles. The van der Waals surface area contributed by atoms with Gasteiger partial charge >= 0.3 is 11.9 Å². The number of amides is 1. The first-order valence-electron chi connectivity index (χ1n) is 12.9. The van der Waals surface area contributed by atoms with E-state index in [1.54, 1.807) is 18.7 Å². The maximum atomic E-state index is 13.4. The fraction of sp³-hybridized carbons (Fsp3) is 0.500. The summed E-state index contributed by atoms with van der Waals surface area (Å²) in [4.78, 5) is 47.4. The average Bonchev–Trinajstić information content (AvgIpc) is 3.25. The summed E-state index contributed by atoms with van der Waals surface area (Å²) in [6, 6.07) is 5.73. The van der Waals surface area contributed by atoms with Gasteiger partial charge in [-0.25, -0.2) is 9.79 Å². The van der Waals surface area contributed by atoms with Crippen LogP contribution in [0, 0.1) is 19.8 Å². The fourth-order valence-corrected chi connectivity index (χ4v) is 6.15. The highest BCUT2D eigenvalue weighted by Gasteiger charge is 2.42. The Morgan fingerprint density at radius 1 is 1.11 bits per heavy atom. The van der Waals surface area contributed by atoms with Crippen LogP contribution in [0.1, 0.15) is 62.8 Å². The van der Waals surface area contributed by atoms with Crippen molar-refractivity contribution in [2.45, 2.75) is 59.9 Å². The third-order valence-corrected chi connectivity index (χ3v) is 7.83. The minimum Gasteiger partial charge on any atom is -0.466 e. The molecule has 1 amide bonds. The molecular formula is C28H35N3O5S. The van der Waals surface area contributed by atoms with Crippen molar-refractivity contribution < 1.29 is 23.9 Å². The Morgan fingerprint density at radius 2 is 1.86 bits per heavy atom. The van der Waals surface area contributed by atoms with E-state index in [-0.39, 0.29) is 30.8 Å². The molecule has 1 saturated heterocycles. The molecule has 2 atom stereocenters. The number of hydrogen-bond donors (Lipinski definition) is 0. The number of piperidine rings is 1. The monoisotopic (exact) mass is 525 g/mol. The van der Waals surface area contributed by atoms with Crippen molar-refractivity contribution in [3.05, 3.63) is 57.3 Å². The molecule has 2 unspecified atom stereocenters. The van der Waals surface area contributed by atoms with Crippen molar-refractivity contribution >= 4 is 34.8 Å². The number of fused-ring (bicyclic) bond motifs is 1. The van der Waals surface area contributed by atoms with Gasteiger partial charge in [0.2, 0.25) is 5.91 Å². The molecule has 37 heavy (non-hydrogen) atoms. The molecule has 4 rings (SSSR count). The van der Waals surface area contributed by atoms with E-state index < -0.39 is 12.0 Å². The van der Waals surface area contributed by atoms with E-state index in [1.165, 1.54) is 11.8 Å². The van der Waals surface area contributed by atoms with Gasteiger partial charge < -0.3 is 19.3 Å². The zero-order valence-electron chi connectivity index (χ0n) is 22.2. The van der Waals surface area contributed by atoms with Gasteiger partial charge in [0.05, 0.1) is 42.9 Å². The van der Waals surface area contributed by atoms with E-state index in [1.807, 2.05) is 43.2 Å². The molecule has 0 saturated carbocycles. The van der Waals surface area contributed by atoms with Gasteiger partial charge in [-0.2, -0.15) is 0 Å². The summed E-state index contributed by atoms with van der Waals surface area (Å²) in [6.07, 6.45) is 1.64. The summed E-state index contributed by atoms with van der Waals surface area (Å²) < 4.78 is 10.6. The van der Waals surface area contributed by atoms with Gasteiger partial charge in [-0.1, -0.05) is 35.5 Å². The van der Waals surface area contributed by atoms with Crippen LogP contribution in [0.15, 0.2) is 45.6 Å². The second kappa shape index (κ2) is 11.5. The van der Waals surface area contributed by atoms with Crippen LogP contribution >= 0.6 is 11.8 Å². The molecule has 9 heteroatoms. The van der Waals surface area contributed by atoms with Crippen LogP contribution < -0.4 is 0 Å². The first-order chi connectivity index (χ1) is 17.7. The summed E-state index contributed by atoms with van der Waals surface area (Å²) in [5.41, 5.74) is 5.05. The summed E-state index contributed by atoms with van der Waals surface area (Å²) in [5, 5.41) is 2.68. The molecule has 0 N–H and O–H groups in total. The van der Waals surface area contributed by atoms with E-state index in [2.05, 4.69) is 6.07 Å². The molecular weight excluding hydrogens is 490 g/mol. The number of ether oxygens (including phenoxy) is 2. The molecule has 3 aliphatic heterocycles. The number of aliphatic imine (C=N–C) groups is 1. The van der Waals surface area contributed by atoms with E-state index in [9.17, 15) is 14.4 Å². The third kappa shape index (κ3) is 5.61. The molecule has 1 aromatic carbocycles. The van der Waals surface area contributed by atoms with Crippen molar-refractivity contribution in [2.75, 3.05) is 26.3 Å². The van der Waals surface area contributed by atoms with Gasteiger partial charge in [-0.3, -0.25) is 9.59 Å². The number of carbonyl (C=O) groups excluding carboxylic acids is 3. The highest BCUT2D eigenvalue weighted by molar-refractivity contribution is 8.16. The Kier molecular flexibility index (Phi) is 8.42. The Morgan fingerprint density at radius 3 is 2.57 bits per heavy atom. The summed E-state index contributed by atoms with van der Waals surface area (Å²) in [5.74, 6) is -0.981. The third-order valence-electron chi connectivity index (χ3n) is 6.94. The first-order valence-corrected chi connectivity index (χ1v) is 13.8. The van der Waals surface area contributed by atoms with Gasteiger partial charge in [-0.05, 0) is 64.0 Å². The molecule has 0 spiro atoms. The number of benzene rings is 1. The minimum atomic E-state index is -0.449. The summed E-state index contributed by atoms with van der Waals surface area (Å²) in [6.45, 7) is 11.1. The number of amidine groups is 1. The maximum absolute atomic E-state index is 13.4. The van der Waals surface area contributed by atoms with Crippen molar-refractivity contribution in [3.8, 4) is 0 Å². The number of thioether (sulfide) groups is 1. The van der Waals surface area contributed by atoms with E-state index in [0.29, 0.717) is 31.0 Å². The number of nitrogens with zero attached hydrogens (tertiary/aromatic N) is 3. The lowest BCUT2D eigenvalue weighted by Gasteiger charge is -2.38. The van der Waals surface area contributed by atoms with E-state index in [0.717, 1.165) is 40.4 Å². The van der Waals surface area contributed by atoms with Gasteiger partial charge in [0.25, 0.3) is 0 Å². The topological polar surface area (TPSA) is 88.5 Å². The number of likely N-dealkylation sites (tertiary alicyclic amines) is 1. The second-order valence-corrected chi connectivity index (χ2v) is 10.4. The summed E-state index contributed by atoms with van der Waals surface area (Å²) >= 11 is 1.46. The maximum Gasteiger partial charge on any atom is 0.338 e. The lowest BCUT2D eigenvalue weighted by Crippen LogP contribution is -2.44. The van der Waals surface area contributed by atoms with Crippen LogP contribution in [0.25, 0.3) is 0 Å². The number of rotatable bonds is 7. The van der Waals surface area contributed by atoms with Crippen molar-refractivity contribution in [3.63, 3.8) is 0 Å². The van der Waals surface area contributed by atoms with Crippen LogP contribution in [0.2, 0.25) is 0 Å². The Bertz CT molecular complexity index is 1190. The lowest BCUT2D eigenvalue weighted by atomic mass is 9.90. The summed E-state index contributed by atoms with van der Waals surface area (Å²) in [7, 11) is 0. The van der Waals surface area contributed by atoms with Gasteiger partial charge in [0.1, 0.15) is 0 Å². The molecule has 198 valence electrons. The zero-order chi connectivity index (χ0) is 26.7. The smallest absolute Gasteiger partial charge is 0.338 e. The number of allylic oxidation sites excluding steroid dienone is 1. The van der Waals surface area contributed by atoms with Crippen LogP contribution in [-0.2, 0) is 23.9 Å². The quantitative estimate of drug-likeness (QED) is 0.480. The fourth-order valence-electron chi connectivity index (χ4n) is 5.19. The zero-order valence-corrected chi connectivity index (χ0v) is 23.0. The lowest BCUT2D eigenvalue weighted by molar-refractivity contribution is -0.151. The number of esters is 2. The predicted octanol–water partition coefficient (Wildman–Crippen LogP) is 4.63.